The minimum atomic E-state index is -1.31. The number of aliphatic hydroxyl groups excluding tert-OH is 2. The molecule has 0 aromatic carbocycles. The lowest BCUT2D eigenvalue weighted by atomic mass is 9.84. The Bertz CT molecular complexity index is 1090. The van der Waals surface area contributed by atoms with Crippen molar-refractivity contribution in [3.8, 4) is 0 Å². The largest absolute Gasteiger partial charge is 0.388 e. The van der Waals surface area contributed by atoms with Gasteiger partial charge in [0.05, 0.1) is 31.3 Å². The number of rotatable bonds is 14. The third-order valence-electron chi connectivity index (χ3n) is 9.59. The zero-order valence-corrected chi connectivity index (χ0v) is 29.5. The molecule has 2 aliphatic heterocycles. The monoisotopic (exact) mass is 665 g/mol. The molecule has 12 nitrogen and oxygen atoms in total. The highest BCUT2D eigenvalue weighted by atomic mass is 16.7. The normalized spacial score (nSPS) is 40.5. The number of allylic oxidation sites excluding steroid dienone is 6. The van der Waals surface area contributed by atoms with Gasteiger partial charge in [-0.2, -0.15) is 0 Å². The molecule has 1 aliphatic carbocycles. The van der Waals surface area contributed by atoms with E-state index < -0.39 is 66.8 Å². The van der Waals surface area contributed by atoms with E-state index in [9.17, 15) is 15.3 Å². The lowest BCUT2D eigenvalue weighted by Gasteiger charge is -2.48. The molecule has 3 fully saturated rings. The Hall–Kier alpha value is -1.55. The Labute approximate surface area is 281 Å². The maximum atomic E-state index is 11.4. The summed E-state index contributed by atoms with van der Waals surface area (Å²) in [5, 5.41) is 35.7. The second-order valence-electron chi connectivity index (χ2n) is 14.4. The number of nitrogens with one attached hydrogen (secondary N) is 1. The van der Waals surface area contributed by atoms with E-state index in [2.05, 4.69) is 57.1 Å². The van der Waals surface area contributed by atoms with Gasteiger partial charge >= 0.3 is 0 Å². The molecule has 2 saturated heterocycles. The van der Waals surface area contributed by atoms with Gasteiger partial charge in [-0.05, 0) is 92.2 Å². The number of hydrogen-bond acceptors (Lipinski definition) is 12. The van der Waals surface area contributed by atoms with Gasteiger partial charge in [0.25, 0.3) is 0 Å². The molecule has 12 heteroatoms. The van der Waals surface area contributed by atoms with Crippen LogP contribution in [0.2, 0.25) is 0 Å². The Morgan fingerprint density at radius 3 is 2.17 bits per heavy atom. The van der Waals surface area contributed by atoms with Crippen LogP contribution in [0.15, 0.2) is 39.9 Å². The van der Waals surface area contributed by atoms with Gasteiger partial charge < -0.3 is 56.8 Å². The zero-order valence-electron chi connectivity index (χ0n) is 29.5. The van der Waals surface area contributed by atoms with E-state index >= 15 is 0 Å². The van der Waals surface area contributed by atoms with Gasteiger partial charge in [0.15, 0.2) is 12.6 Å². The predicted octanol–water partition coefficient (Wildman–Crippen LogP) is 1.80. The molecule has 13 atom stereocenters. The Morgan fingerprint density at radius 1 is 0.915 bits per heavy atom. The molecular weight excluding hydrogens is 602 g/mol. The number of ether oxygens (including phenoxy) is 4. The van der Waals surface area contributed by atoms with Crippen LogP contribution in [0, 0.1) is 5.92 Å². The van der Waals surface area contributed by atoms with Crippen LogP contribution in [-0.2, 0) is 18.9 Å². The topological polar surface area (TPSA) is 200 Å². The van der Waals surface area contributed by atoms with E-state index in [1.54, 1.807) is 14.0 Å². The molecule has 0 amide bonds. The second-order valence-corrected chi connectivity index (χ2v) is 14.4. The quantitative estimate of drug-likeness (QED) is 0.105. The van der Waals surface area contributed by atoms with Crippen molar-refractivity contribution in [1.29, 1.82) is 0 Å². The molecule has 0 aromatic heterocycles. The van der Waals surface area contributed by atoms with E-state index in [1.165, 1.54) is 16.7 Å². The van der Waals surface area contributed by atoms with Crippen molar-refractivity contribution in [3.05, 3.63) is 34.9 Å². The van der Waals surface area contributed by atoms with Crippen molar-refractivity contribution in [2.24, 2.45) is 28.1 Å². The predicted molar refractivity (Wildman–Crippen MR) is 185 cm³/mol. The summed E-state index contributed by atoms with van der Waals surface area (Å²) < 4.78 is 24.2. The van der Waals surface area contributed by atoms with Crippen LogP contribution < -0.4 is 22.5 Å². The molecule has 10 N–H and O–H groups in total. The minimum absolute atomic E-state index is 0.0753. The summed E-state index contributed by atoms with van der Waals surface area (Å²) >= 11 is 0. The molecule has 0 bridgehead atoms. The number of nitrogens with two attached hydrogens (primary N) is 3. The molecule has 0 spiro atoms. The van der Waals surface area contributed by atoms with Gasteiger partial charge in [-0.1, -0.05) is 35.8 Å². The van der Waals surface area contributed by atoms with Crippen molar-refractivity contribution in [3.63, 3.8) is 0 Å². The lowest BCUT2D eigenvalue weighted by Crippen LogP contribution is -2.68. The van der Waals surface area contributed by atoms with Gasteiger partial charge in [0, 0.05) is 18.3 Å². The van der Waals surface area contributed by atoms with Crippen LogP contribution in [0.4, 0.5) is 0 Å². The highest BCUT2D eigenvalue weighted by Crippen LogP contribution is 2.32. The molecule has 12 unspecified atom stereocenters. The second kappa shape index (κ2) is 18.4. The SMILES string of the molecule is CNC1C(O)C(OC2C(N)CC(N)C(OC3OC(CN=C/C=C(\C)CC/C=C(\C)CCC=C(C)C)[C@@H](C)CC3N)C2O)OCC1(C)O. The smallest absolute Gasteiger partial charge is 0.185 e. The van der Waals surface area contributed by atoms with Crippen LogP contribution >= 0.6 is 0 Å². The van der Waals surface area contributed by atoms with Crippen molar-refractivity contribution in [2.45, 2.75) is 153 Å². The highest BCUT2D eigenvalue weighted by Gasteiger charge is 2.51. The first-order valence-corrected chi connectivity index (χ1v) is 17.2. The summed E-state index contributed by atoms with van der Waals surface area (Å²) in [6, 6.07) is -2.38. The molecule has 270 valence electrons. The summed E-state index contributed by atoms with van der Waals surface area (Å²) in [6.45, 7) is 12.6. The fraction of sp³-hybridized carbons (Fsp3) is 0.800. The summed E-state index contributed by atoms with van der Waals surface area (Å²) in [5.41, 5.74) is 22.0. The maximum Gasteiger partial charge on any atom is 0.185 e. The van der Waals surface area contributed by atoms with Crippen molar-refractivity contribution >= 4 is 6.21 Å². The maximum absolute atomic E-state index is 11.4. The summed E-state index contributed by atoms with van der Waals surface area (Å²) in [5.74, 6) is 0.156. The van der Waals surface area contributed by atoms with Gasteiger partial charge in [-0.3, -0.25) is 4.99 Å². The fourth-order valence-electron chi connectivity index (χ4n) is 6.63. The van der Waals surface area contributed by atoms with E-state index in [0.29, 0.717) is 19.4 Å². The number of aliphatic hydroxyl groups is 3. The number of aliphatic imine (C=N–C) groups is 1. The first-order valence-electron chi connectivity index (χ1n) is 17.2. The van der Waals surface area contributed by atoms with E-state index in [0.717, 1.165) is 25.7 Å². The summed E-state index contributed by atoms with van der Waals surface area (Å²) in [7, 11) is 1.63. The average Bonchev–Trinajstić information content (AvgIpc) is 2.98. The van der Waals surface area contributed by atoms with Gasteiger partial charge in [-0.15, -0.1) is 0 Å². The van der Waals surface area contributed by atoms with Crippen molar-refractivity contribution in [1.82, 2.24) is 5.32 Å². The molecule has 3 rings (SSSR count). The van der Waals surface area contributed by atoms with Gasteiger partial charge in [-0.25, -0.2) is 0 Å². The Kier molecular flexibility index (Phi) is 15.7. The molecule has 0 aromatic rings. The molecule has 0 radical (unpaired) electrons. The first kappa shape index (κ1) is 39.9. The number of hydrogen-bond donors (Lipinski definition) is 7. The van der Waals surface area contributed by atoms with Crippen LogP contribution in [0.25, 0.3) is 0 Å². The van der Waals surface area contributed by atoms with Crippen LogP contribution in [0.1, 0.15) is 80.1 Å². The lowest BCUT2D eigenvalue weighted by molar-refractivity contribution is -0.308. The highest BCUT2D eigenvalue weighted by molar-refractivity contribution is 5.72. The number of likely N-dealkylation sites (N-methyl/N-ethyl adjacent to an activating group) is 1. The van der Waals surface area contributed by atoms with Crippen molar-refractivity contribution in [2.75, 3.05) is 20.2 Å². The summed E-state index contributed by atoms with van der Waals surface area (Å²) in [6.07, 6.45) is 7.18. The average molecular weight is 666 g/mol. The third-order valence-corrected chi connectivity index (χ3v) is 9.59. The minimum Gasteiger partial charge on any atom is -0.388 e. The van der Waals surface area contributed by atoms with Crippen LogP contribution in [0.3, 0.4) is 0 Å². The molecular formula is C35H63N5O7. The van der Waals surface area contributed by atoms with Gasteiger partial charge in [0.2, 0.25) is 0 Å². The molecule has 3 aliphatic rings. The molecule has 1 saturated carbocycles. The van der Waals surface area contributed by atoms with E-state index in [-0.39, 0.29) is 18.6 Å². The zero-order chi connectivity index (χ0) is 34.9. The van der Waals surface area contributed by atoms with Crippen LogP contribution in [0.5, 0.6) is 0 Å². The summed E-state index contributed by atoms with van der Waals surface area (Å²) in [4.78, 5) is 4.62. The van der Waals surface area contributed by atoms with Crippen molar-refractivity contribution < 1.29 is 34.3 Å². The fourth-order valence-corrected chi connectivity index (χ4v) is 6.63. The first-order chi connectivity index (χ1) is 22.1. The standard InChI is InChI=1S/C35H63N5O7/c1-20(2)10-8-11-21(3)12-9-13-22(4)14-15-40-18-27-23(5)16-26(38)33(45-27)46-30-24(36)17-25(37)31(28(30)41)47-34-29(42)32(39-7)35(6,43)19-44-34/h10,12,14-15,23-34,39,41-43H,8-9,11,13,16-19,36-38H2,1-7H3/b21-12+,22-14+,40-15?/t23-,24?,25?,26?,27?,28?,29?,30?,31?,32?,33?,34?,35?/m0/s1. The Morgan fingerprint density at radius 2 is 1.53 bits per heavy atom. The third kappa shape index (κ3) is 11.5. The van der Waals surface area contributed by atoms with Crippen LogP contribution in [-0.4, -0.2) is 115 Å². The van der Waals surface area contributed by atoms with E-state index in [1.807, 2.05) is 12.3 Å². The molecule has 2 heterocycles. The van der Waals surface area contributed by atoms with E-state index in [4.69, 9.17) is 36.1 Å². The van der Waals surface area contributed by atoms with Gasteiger partial charge in [0.1, 0.15) is 30.0 Å². The molecule has 47 heavy (non-hydrogen) atoms. The Balaban J connectivity index is 1.55. The number of nitrogens with zero attached hydrogens (tertiary/aromatic N) is 1.